The lowest BCUT2D eigenvalue weighted by Gasteiger charge is -2.46. The summed E-state index contributed by atoms with van der Waals surface area (Å²) in [6.07, 6.45) is 22.6. The van der Waals surface area contributed by atoms with Crippen LogP contribution < -0.4 is 5.11 Å². The van der Waals surface area contributed by atoms with Gasteiger partial charge in [0.15, 0.2) is 6.54 Å². The molecule has 1 N–H and O–H groups in total. The van der Waals surface area contributed by atoms with Crippen LogP contribution in [0.1, 0.15) is 162 Å². The predicted octanol–water partition coefficient (Wildman–Crippen LogP) is 7.11. The first kappa shape index (κ1) is 39.4. The molecule has 7 heteroatoms. The Kier molecular flexibility index (Phi) is 22.9. The smallest absolute Gasteiger partial charge is 0.303 e. The number of likely N-dealkylation sites (N-methyl/N-ethyl adjacent to an activating group) is 1. The number of aliphatic carboxylic acids is 2. The highest BCUT2D eigenvalue weighted by Crippen LogP contribution is 2.30. The van der Waals surface area contributed by atoms with Crippen LogP contribution in [0.4, 0.5) is 0 Å². The molecule has 0 aliphatic carbocycles. The molecule has 0 saturated heterocycles. The first-order valence-corrected chi connectivity index (χ1v) is 17.0. The Morgan fingerprint density at radius 2 is 1.02 bits per heavy atom. The van der Waals surface area contributed by atoms with Gasteiger partial charge in [0, 0.05) is 13.0 Å². The molecule has 7 nitrogen and oxygen atoms in total. The number of quaternary nitrogens is 1. The number of rotatable bonds is 29. The van der Waals surface area contributed by atoms with Crippen LogP contribution in [0.2, 0.25) is 0 Å². The summed E-state index contributed by atoms with van der Waals surface area (Å²) in [6.45, 7) is 4.94. The average Bonchev–Trinajstić information content (AvgIpc) is 2.89. The Hall–Kier alpha value is -1.63. The number of unbranched alkanes of at least 4 members (excludes halogenated alkanes) is 18. The first-order chi connectivity index (χ1) is 19.5. The van der Waals surface area contributed by atoms with E-state index in [1.165, 1.54) is 81.9 Å². The zero-order valence-electron chi connectivity index (χ0n) is 27.7. The number of carbonyl (C=O) groups excluding carboxylic acids is 2. The van der Waals surface area contributed by atoms with E-state index >= 15 is 0 Å². The summed E-state index contributed by atoms with van der Waals surface area (Å²) in [5, 5.41) is 22.3. The van der Waals surface area contributed by atoms with Gasteiger partial charge in [-0.1, -0.05) is 136 Å². The monoisotopic (exact) mass is 582 g/mol. The molecule has 0 unspecified atom stereocenters. The van der Waals surface area contributed by atoms with E-state index < -0.39 is 17.5 Å². The van der Waals surface area contributed by atoms with Crippen LogP contribution in [0.5, 0.6) is 0 Å². The van der Waals surface area contributed by atoms with Crippen molar-refractivity contribution in [3.8, 4) is 0 Å². The molecule has 242 valence electrons. The van der Waals surface area contributed by atoms with Gasteiger partial charge in [-0.15, -0.1) is 0 Å². The molecule has 0 aromatic heterocycles. The molecule has 1 atom stereocenters. The highest BCUT2D eigenvalue weighted by molar-refractivity contribution is 5.87. The van der Waals surface area contributed by atoms with Gasteiger partial charge in [-0.2, -0.15) is 0 Å². The summed E-state index contributed by atoms with van der Waals surface area (Å²) in [6, 6.07) is 0. The Balaban J connectivity index is 5.27. The van der Waals surface area contributed by atoms with Gasteiger partial charge in [0.1, 0.15) is 0 Å². The highest BCUT2D eigenvalue weighted by Gasteiger charge is 2.42. The fourth-order valence-electron chi connectivity index (χ4n) is 5.75. The van der Waals surface area contributed by atoms with Crippen molar-refractivity contribution in [2.24, 2.45) is 0 Å². The minimum Gasteiger partial charge on any atom is -0.548 e. The quantitative estimate of drug-likeness (QED) is 0.0749. The van der Waals surface area contributed by atoms with Gasteiger partial charge in [0.25, 0.3) is 5.91 Å². The summed E-state index contributed by atoms with van der Waals surface area (Å²) >= 11 is 0. The second-order valence-corrected chi connectivity index (χ2v) is 13.3. The maximum atomic E-state index is 13.6. The van der Waals surface area contributed by atoms with E-state index in [0.29, 0.717) is 17.4 Å². The van der Waals surface area contributed by atoms with Crippen LogP contribution in [0.3, 0.4) is 0 Å². The Bertz CT molecular complexity index is 691. The van der Waals surface area contributed by atoms with Gasteiger partial charge in [-0.3, -0.25) is 9.59 Å². The van der Waals surface area contributed by atoms with Crippen molar-refractivity contribution in [2.75, 3.05) is 34.2 Å². The third kappa shape index (κ3) is 20.0. The summed E-state index contributed by atoms with van der Waals surface area (Å²) < 4.78 is 0.383. The Morgan fingerprint density at radius 3 is 1.39 bits per heavy atom. The van der Waals surface area contributed by atoms with E-state index in [0.717, 1.165) is 44.9 Å². The zero-order valence-corrected chi connectivity index (χ0v) is 27.7. The van der Waals surface area contributed by atoms with E-state index in [1.54, 1.807) is 0 Å². The second-order valence-electron chi connectivity index (χ2n) is 13.3. The third-order valence-corrected chi connectivity index (χ3v) is 8.24. The predicted molar refractivity (Wildman–Crippen MR) is 168 cm³/mol. The van der Waals surface area contributed by atoms with Gasteiger partial charge < -0.3 is 24.4 Å². The van der Waals surface area contributed by atoms with Crippen LogP contribution >= 0.6 is 0 Å². The molecule has 0 aliphatic rings. The molecule has 0 aromatic rings. The van der Waals surface area contributed by atoms with Crippen LogP contribution in [0.25, 0.3) is 0 Å². The number of carboxylic acids is 2. The fraction of sp³-hybridized carbons (Fsp3) is 0.912. The molecule has 0 rings (SSSR count). The van der Waals surface area contributed by atoms with E-state index in [1.807, 2.05) is 21.1 Å². The maximum Gasteiger partial charge on any atom is 0.303 e. The van der Waals surface area contributed by atoms with Gasteiger partial charge in [0.05, 0.1) is 32.7 Å². The number of hydrogen-bond donors (Lipinski definition) is 1. The van der Waals surface area contributed by atoms with Crippen molar-refractivity contribution in [3.05, 3.63) is 0 Å². The zero-order chi connectivity index (χ0) is 31.0. The fourth-order valence-corrected chi connectivity index (χ4v) is 5.75. The lowest BCUT2D eigenvalue weighted by atomic mass is 9.84. The Morgan fingerprint density at radius 1 is 0.634 bits per heavy atom. The van der Waals surface area contributed by atoms with Crippen molar-refractivity contribution in [3.63, 3.8) is 0 Å². The summed E-state index contributed by atoms with van der Waals surface area (Å²) in [7, 11) is 5.74. The number of nitrogens with zero attached hydrogens (tertiary/aromatic N) is 2. The van der Waals surface area contributed by atoms with Gasteiger partial charge >= 0.3 is 5.97 Å². The molecule has 41 heavy (non-hydrogen) atoms. The van der Waals surface area contributed by atoms with Crippen molar-refractivity contribution >= 4 is 17.8 Å². The summed E-state index contributed by atoms with van der Waals surface area (Å²) in [4.78, 5) is 39.5. The topological polar surface area (TPSA) is 97.7 Å². The molecular weight excluding hydrogens is 516 g/mol. The first-order valence-electron chi connectivity index (χ1n) is 17.0. The third-order valence-electron chi connectivity index (χ3n) is 8.24. The molecule has 0 fully saturated rings. The summed E-state index contributed by atoms with van der Waals surface area (Å²) in [5.74, 6) is -2.58. The van der Waals surface area contributed by atoms with Crippen molar-refractivity contribution in [1.82, 2.24) is 4.90 Å². The molecule has 0 saturated carbocycles. The van der Waals surface area contributed by atoms with Crippen molar-refractivity contribution < 1.29 is 29.1 Å². The number of carboxylic acid groups (broad SMARTS) is 2. The van der Waals surface area contributed by atoms with Crippen molar-refractivity contribution in [2.45, 2.75) is 167 Å². The minimum absolute atomic E-state index is 0.108. The molecule has 0 bridgehead atoms. The lowest BCUT2D eigenvalue weighted by Crippen LogP contribution is -2.64. The van der Waals surface area contributed by atoms with E-state index in [4.69, 9.17) is 0 Å². The van der Waals surface area contributed by atoms with E-state index in [2.05, 4.69) is 13.8 Å². The molecule has 0 spiro atoms. The van der Waals surface area contributed by atoms with Gasteiger partial charge in [0.2, 0.25) is 0 Å². The van der Waals surface area contributed by atoms with Crippen LogP contribution in [-0.4, -0.2) is 72.1 Å². The standard InChI is InChI=1S/C34H66N2O5/c1-6-8-10-12-14-16-18-20-22-24-27-34(33(40)41,28-26-32(38)39)35(31(37)30-36(3,4)5)29-25-23-21-19-17-15-13-11-9-7-2/h6-30H2,1-5H3,(H-,38,39,40,41)/t34-/m0/s1. The maximum absolute atomic E-state index is 13.6. The lowest BCUT2D eigenvalue weighted by molar-refractivity contribution is -0.862. The molecule has 0 heterocycles. The second kappa shape index (κ2) is 23.9. The number of amides is 1. The van der Waals surface area contributed by atoms with E-state index in [9.17, 15) is 24.6 Å². The minimum atomic E-state index is -1.58. The molecule has 0 radical (unpaired) electrons. The SMILES string of the molecule is CCCCCCCCCCCCN(C(=O)C[N+](C)(C)C)[C@@](CCCCCCCCCCCC)(CCC(=O)O)C(=O)[O-]. The van der Waals surface area contributed by atoms with Gasteiger partial charge in [-0.25, -0.2) is 0 Å². The normalized spacial score (nSPS) is 13.2. The van der Waals surface area contributed by atoms with E-state index in [-0.39, 0.29) is 31.7 Å². The number of carbonyl (C=O) groups is 3. The van der Waals surface area contributed by atoms with Crippen LogP contribution in [0.15, 0.2) is 0 Å². The van der Waals surface area contributed by atoms with Gasteiger partial charge in [-0.05, 0) is 19.3 Å². The largest absolute Gasteiger partial charge is 0.548 e. The molecular formula is C34H66N2O5. The highest BCUT2D eigenvalue weighted by atomic mass is 16.4. The molecule has 1 amide bonds. The number of hydrogen-bond acceptors (Lipinski definition) is 4. The molecule has 0 aromatic carbocycles. The average molecular weight is 583 g/mol. The van der Waals surface area contributed by atoms with Crippen LogP contribution in [0, 0.1) is 0 Å². The Labute approximate surface area is 253 Å². The van der Waals surface area contributed by atoms with Crippen LogP contribution in [-0.2, 0) is 14.4 Å². The summed E-state index contributed by atoms with van der Waals surface area (Å²) in [5.41, 5.74) is -1.58. The van der Waals surface area contributed by atoms with Crippen molar-refractivity contribution in [1.29, 1.82) is 0 Å². The molecule has 0 aliphatic heterocycles.